The minimum Gasteiger partial charge on any atom is -0.464 e. The van der Waals surface area contributed by atoms with Crippen LogP contribution in [0.4, 0.5) is 17.1 Å². The topological polar surface area (TPSA) is 110 Å². The zero-order valence-electron chi connectivity index (χ0n) is 18.8. The first-order valence-corrected chi connectivity index (χ1v) is 12.7. The maximum Gasteiger partial charge on any atom is 0.267 e. The molecule has 0 saturated heterocycles. The number of hydrogen-bond donors (Lipinski definition) is 3. The number of aryl methyl sites for hydroxylation is 1. The Morgan fingerprint density at radius 2 is 1.64 bits per heavy atom. The Morgan fingerprint density at radius 3 is 2.28 bits per heavy atom. The van der Waals surface area contributed by atoms with Crippen molar-refractivity contribution >= 4 is 78.0 Å². The average Bonchev–Trinajstić information content (AvgIpc) is 3.49. The smallest absolute Gasteiger partial charge is 0.267 e. The molecule has 0 bridgehead atoms. The van der Waals surface area contributed by atoms with E-state index in [0.717, 1.165) is 15.8 Å². The molecule has 7 nitrogen and oxygen atoms in total. The number of nitrogen functional groups attached to an aromatic ring is 1. The zero-order valence-corrected chi connectivity index (χ0v) is 21.9. The molecular weight excluding hydrogens is 564 g/mol. The first-order valence-electron chi connectivity index (χ1n) is 10.7. The fraction of sp³-hybridized carbons (Fsp3) is 0.0385. The molecule has 0 saturated carbocycles. The molecule has 4 N–H and O–H groups in total. The molecule has 0 aliphatic heterocycles. The van der Waals surface area contributed by atoms with Crippen molar-refractivity contribution in [2.75, 3.05) is 16.4 Å². The minimum absolute atomic E-state index is 0.226. The Labute approximate surface area is 223 Å². The van der Waals surface area contributed by atoms with E-state index in [-0.39, 0.29) is 17.5 Å². The molecule has 5 rings (SSSR count). The largest absolute Gasteiger partial charge is 0.464 e. The van der Waals surface area contributed by atoms with Crippen molar-refractivity contribution in [1.29, 1.82) is 0 Å². The van der Waals surface area contributed by atoms with Crippen LogP contribution < -0.4 is 16.4 Å². The summed E-state index contributed by atoms with van der Waals surface area (Å²) in [4.78, 5) is 32.0. The molecule has 180 valence electrons. The Balaban J connectivity index is 1.62. The molecule has 0 radical (unpaired) electrons. The van der Waals surface area contributed by atoms with Crippen LogP contribution >= 0.6 is 38.9 Å². The van der Waals surface area contributed by atoms with E-state index >= 15 is 0 Å². The molecule has 5 aromatic rings. The van der Waals surface area contributed by atoms with E-state index in [0.29, 0.717) is 54.1 Å². The highest BCUT2D eigenvalue weighted by atomic mass is 79.9. The average molecular weight is 582 g/mol. The zero-order chi connectivity index (χ0) is 25.4. The number of furan rings is 1. The van der Waals surface area contributed by atoms with Gasteiger partial charge in [-0.05, 0) is 67.6 Å². The molecule has 0 aliphatic carbocycles. The Morgan fingerprint density at radius 1 is 1.00 bits per heavy atom. The number of thiophene rings is 1. The quantitative estimate of drug-likeness (QED) is 0.201. The fourth-order valence-electron chi connectivity index (χ4n) is 3.83. The molecule has 0 fully saturated rings. The van der Waals surface area contributed by atoms with Crippen LogP contribution in [0.15, 0.2) is 75.8 Å². The molecule has 0 atom stereocenters. The summed E-state index contributed by atoms with van der Waals surface area (Å²) >= 11 is 10.5. The Hall–Kier alpha value is -3.66. The van der Waals surface area contributed by atoms with Gasteiger partial charge < -0.3 is 20.8 Å². The molecular formula is C26H18BrClN4O3S. The molecule has 0 spiro atoms. The van der Waals surface area contributed by atoms with Gasteiger partial charge in [-0.25, -0.2) is 4.98 Å². The lowest BCUT2D eigenvalue weighted by atomic mass is 9.99. The number of amides is 2. The summed E-state index contributed by atoms with van der Waals surface area (Å²) in [5.74, 6) is -0.314. The van der Waals surface area contributed by atoms with E-state index in [4.69, 9.17) is 21.8 Å². The maximum absolute atomic E-state index is 13.5. The van der Waals surface area contributed by atoms with Gasteiger partial charge in [-0.2, -0.15) is 0 Å². The third kappa shape index (κ3) is 4.60. The van der Waals surface area contributed by atoms with Crippen molar-refractivity contribution in [3.8, 4) is 11.3 Å². The number of nitrogens with two attached hydrogens (primary N) is 1. The van der Waals surface area contributed by atoms with Gasteiger partial charge in [-0.1, -0.05) is 27.5 Å². The number of hydrogen-bond acceptors (Lipinski definition) is 6. The summed E-state index contributed by atoms with van der Waals surface area (Å²) in [5.41, 5.74) is 9.20. The van der Waals surface area contributed by atoms with Crippen LogP contribution in [0, 0.1) is 6.92 Å². The second-order valence-electron chi connectivity index (χ2n) is 7.87. The number of rotatable bonds is 5. The first kappa shape index (κ1) is 24.1. The SMILES string of the molecule is Cc1nc2sc(C(=O)Nc3ccc(Br)cc3)c(N)c2c(-c2ccco2)c1C(=O)Nc1ccc(Cl)cc1. The van der Waals surface area contributed by atoms with Crippen LogP contribution in [0.2, 0.25) is 5.02 Å². The second-order valence-corrected chi connectivity index (χ2v) is 10.2. The number of nitrogens with zero attached hydrogens (tertiary/aromatic N) is 1. The maximum atomic E-state index is 13.5. The van der Waals surface area contributed by atoms with E-state index in [2.05, 4.69) is 31.5 Å². The molecule has 10 heteroatoms. The van der Waals surface area contributed by atoms with E-state index in [9.17, 15) is 9.59 Å². The number of pyridine rings is 1. The van der Waals surface area contributed by atoms with Crippen LogP contribution in [0.25, 0.3) is 21.5 Å². The Kier molecular flexibility index (Phi) is 6.53. The summed E-state index contributed by atoms with van der Waals surface area (Å²) in [7, 11) is 0. The van der Waals surface area contributed by atoms with Gasteiger partial charge in [0.15, 0.2) is 0 Å². The van der Waals surface area contributed by atoms with Crippen LogP contribution in [-0.4, -0.2) is 16.8 Å². The van der Waals surface area contributed by atoms with Crippen LogP contribution in [-0.2, 0) is 0 Å². The van der Waals surface area contributed by atoms with Gasteiger partial charge in [-0.15, -0.1) is 11.3 Å². The number of fused-ring (bicyclic) bond motifs is 1. The standard InChI is InChI=1S/C26H18BrClN4O3S/c1-13-19(24(33)31-17-10-6-15(28)7-11-17)20(18-3-2-12-35-18)21-22(29)23(36-26(21)30-13)25(34)32-16-8-4-14(27)5-9-16/h2-12H,29H2,1H3,(H,31,33)(H,32,34). The lowest BCUT2D eigenvalue weighted by Gasteiger charge is -2.13. The first-order chi connectivity index (χ1) is 17.3. The van der Waals surface area contributed by atoms with Gasteiger partial charge in [0.05, 0.1) is 23.2 Å². The summed E-state index contributed by atoms with van der Waals surface area (Å²) < 4.78 is 6.59. The van der Waals surface area contributed by atoms with Gasteiger partial charge in [0, 0.05) is 31.8 Å². The van der Waals surface area contributed by atoms with Gasteiger partial charge in [-0.3, -0.25) is 9.59 Å². The lowest BCUT2D eigenvalue weighted by molar-refractivity contribution is 0.102. The lowest BCUT2D eigenvalue weighted by Crippen LogP contribution is -2.16. The number of halogens is 2. The summed E-state index contributed by atoms with van der Waals surface area (Å²) in [6.45, 7) is 1.74. The highest BCUT2D eigenvalue weighted by molar-refractivity contribution is 9.10. The molecule has 36 heavy (non-hydrogen) atoms. The highest BCUT2D eigenvalue weighted by Gasteiger charge is 2.28. The van der Waals surface area contributed by atoms with Gasteiger partial charge >= 0.3 is 0 Å². The molecule has 2 amide bonds. The van der Waals surface area contributed by atoms with Gasteiger partial charge in [0.2, 0.25) is 0 Å². The van der Waals surface area contributed by atoms with Gasteiger partial charge in [0.1, 0.15) is 15.5 Å². The van der Waals surface area contributed by atoms with E-state index < -0.39 is 0 Å². The number of carbonyl (C=O) groups is 2. The molecule has 3 heterocycles. The number of nitrogens with one attached hydrogen (secondary N) is 2. The molecule has 3 aromatic heterocycles. The normalized spacial score (nSPS) is 11.0. The summed E-state index contributed by atoms with van der Waals surface area (Å²) in [6.07, 6.45) is 1.52. The third-order valence-corrected chi connectivity index (χ3v) is 7.34. The van der Waals surface area contributed by atoms with E-state index in [1.54, 1.807) is 55.5 Å². The number of carbonyl (C=O) groups excluding carboxylic acids is 2. The van der Waals surface area contributed by atoms with Crippen LogP contribution in [0.5, 0.6) is 0 Å². The predicted molar refractivity (Wildman–Crippen MR) is 148 cm³/mol. The van der Waals surface area contributed by atoms with Crippen molar-refractivity contribution in [2.24, 2.45) is 0 Å². The highest BCUT2D eigenvalue weighted by Crippen LogP contribution is 2.42. The number of anilines is 3. The third-order valence-electron chi connectivity index (χ3n) is 5.46. The van der Waals surface area contributed by atoms with Crippen LogP contribution in [0.1, 0.15) is 25.7 Å². The monoisotopic (exact) mass is 580 g/mol. The molecule has 2 aromatic carbocycles. The minimum atomic E-state index is -0.387. The van der Waals surface area contributed by atoms with Crippen molar-refractivity contribution in [1.82, 2.24) is 4.98 Å². The summed E-state index contributed by atoms with van der Waals surface area (Å²) in [5, 5.41) is 6.79. The summed E-state index contributed by atoms with van der Waals surface area (Å²) in [6, 6.07) is 17.5. The molecule has 0 unspecified atom stereocenters. The van der Waals surface area contributed by atoms with E-state index in [1.807, 2.05) is 12.1 Å². The fourth-order valence-corrected chi connectivity index (χ4v) is 5.26. The molecule has 0 aliphatic rings. The van der Waals surface area contributed by atoms with Gasteiger partial charge in [0.25, 0.3) is 11.8 Å². The van der Waals surface area contributed by atoms with Crippen molar-refractivity contribution in [3.05, 3.63) is 92.6 Å². The number of benzene rings is 2. The van der Waals surface area contributed by atoms with Crippen molar-refractivity contribution in [3.63, 3.8) is 0 Å². The van der Waals surface area contributed by atoms with Crippen LogP contribution in [0.3, 0.4) is 0 Å². The van der Waals surface area contributed by atoms with Crippen molar-refractivity contribution < 1.29 is 14.0 Å². The Bertz CT molecular complexity index is 1600. The second kappa shape index (κ2) is 9.77. The predicted octanol–water partition coefficient (Wildman–Crippen LogP) is 7.37. The number of aromatic nitrogens is 1. The van der Waals surface area contributed by atoms with E-state index in [1.165, 1.54) is 6.26 Å². The van der Waals surface area contributed by atoms with Crippen molar-refractivity contribution in [2.45, 2.75) is 6.92 Å².